The molecular weight excluding hydrogens is 324 g/mol. The number of rotatable bonds is 5. The molecule has 1 saturated heterocycles. The van der Waals surface area contributed by atoms with Gasteiger partial charge in [0.2, 0.25) is 11.8 Å². The summed E-state index contributed by atoms with van der Waals surface area (Å²) in [5.41, 5.74) is 0.852. The Labute approximate surface area is 145 Å². The lowest BCUT2D eigenvalue weighted by Crippen LogP contribution is -2.45. The Morgan fingerprint density at radius 1 is 1.38 bits per heavy atom. The van der Waals surface area contributed by atoms with Crippen molar-refractivity contribution in [2.45, 2.75) is 18.9 Å². The number of benzene rings is 1. The topological polar surface area (TPSA) is 65.5 Å². The van der Waals surface area contributed by atoms with Crippen molar-refractivity contribution in [2.75, 3.05) is 30.4 Å². The summed E-state index contributed by atoms with van der Waals surface area (Å²) in [6.07, 6.45) is 3.34. The van der Waals surface area contributed by atoms with Gasteiger partial charge < -0.3 is 10.2 Å². The van der Waals surface area contributed by atoms with E-state index in [1.807, 2.05) is 40.6 Å². The number of nitrogens with one attached hydrogen (secondary N) is 1. The zero-order valence-electron chi connectivity index (χ0n) is 13.5. The molecule has 0 bridgehead atoms. The normalized spacial score (nSPS) is 17.6. The minimum absolute atomic E-state index is 0.0184. The van der Waals surface area contributed by atoms with E-state index in [1.54, 1.807) is 18.1 Å². The minimum atomic E-state index is -0.276. The summed E-state index contributed by atoms with van der Waals surface area (Å²) in [4.78, 5) is 32.6. The number of carbonyl (C=O) groups excluding carboxylic acids is 2. The molecule has 3 rings (SSSR count). The first-order chi connectivity index (χ1) is 11.6. The Kier molecular flexibility index (Phi) is 5.22. The highest BCUT2D eigenvalue weighted by atomic mass is 32.1. The Bertz CT molecular complexity index is 690. The second kappa shape index (κ2) is 7.55. The van der Waals surface area contributed by atoms with Crippen LogP contribution in [0.1, 0.15) is 12.8 Å². The third-order valence-corrected chi connectivity index (χ3v) is 4.87. The van der Waals surface area contributed by atoms with Crippen molar-refractivity contribution in [2.24, 2.45) is 0 Å². The van der Waals surface area contributed by atoms with Crippen molar-refractivity contribution in [3.05, 3.63) is 41.9 Å². The van der Waals surface area contributed by atoms with Crippen LogP contribution in [0.15, 0.2) is 41.9 Å². The number of para-hydroxylation sites is 1. The fourth-order valence-electron chi connectivity index (χ4n) is 2.86. The molecule has 7 heteroatoms. The molecule has 24 heavy (non-hydrogen) atoms. The Morgan fingerprint density at radius 3 is 2.88 bits per heavy atom. The van der Waals surface area contributed by atoms with Gasteiger partial charge in [-0.25, -0.2) is 4.98 Å². The van der Waals surface area contributed by atoms with E-state index in [4.69, 9.17) is 0 Å². The van der Waals surface area contributed by atoms with Gasteiger partial charge in [-0.1, -0.05) is 18.2 Å². The minimum Gasteiger partial charge on any atom is -0.314 e. The van der Waals surface area contributed by atoms with E-state index in [0.717, 1.165) is 25.1 Å². The van der Waals surface area contributed by atoms with Crippen molar-refractivity contribution >= 4 is 34.0 Å². The summed E-state index contributed by atoms with van der Waals surface area (Å²) in [5.74, 6) is -0.104. The van der Waals surface area contributed by atoms with E-state index in [9.17, 15) is 9.59 Å². The van der Waals surface area contributed by atoms with Crippen LogP contribution in [0.3, 0.4) is 0 Å². The first kappa shape index (κ1) is 16.6. The fourth-order valence-corrected chi connectivity index (χ4v) is 3.39. The molecule has 0 radical (unpaired) electrons. The van der Waals surface area contributed by atoms with Gasteiger partial charge in [-0.05, 0) is 31.5 Å². The largest absolute Gasteiger partial charge is 0.314 e. The van der Waals surface area contributed by atoms with Gasteiger partial charge in [0, 0.05) is 24.3 Å². The lowest BCUT2D eigenvalue weighted by molar-refractivity contribution is -0.123. The van der Waals surface area contributed by atoms with Gasteiger partial charge in [-0.15, -0.1) is 11.3 Å². The van der Waals surface area contributed by atoms with Crippen LogP contribution in [-0.2, 0) is 9.59 Å². The molecule has 1 fully saturated rings. The molecule has 1 aliphatic rings. The number of likely N-dealkylation sites (tertiary alicyclic amines) is 1. The summed E-state index contributed by atoms with van der Waals surface area (Å²) < 4.78 is 0. The van der Waals surface area contributed by atoms with Crippen LogP contribution in [0.5, 0.6) is 0 Å². The predicted molar refractivity (Wildman–Crippen MR) is 95.2 cm³/mol. The van der Waals surface area contributed by atoms with E-state index in [0.29, 0.717) is 5.13 Å². The summed E-state index contributed by atoms with van der Waals surface area (Å²) >= 11 is 1.39. The van der Waals surface area contributed by atoms with Crippen LogP contribution in [0.25, 0.3) is 0 Å². The second-order valence-corrected chi connectivity index (χ2v) is 6.64. The zero-order chi connectivity index (χ0) is 16.9. The van der Waals surface area contributed by atoms with Gasteiger partial charge in [-0.2, -0.15) is 0 Å². The molecule has 1 aliphatic heterocycles. The third-order valence-electron chi connectivity index (χ3n) is 4.18. The van der Waals surface area contributed by atoms with Crippen LogP contribution in [0, 0.1) is 0 Å². The van der Waals surface area contributed by atoms with Gasteiger partial charge in [0.1, 0.15) is 0 Å². The number of anilines is 2. The third kappa shape index (κ3) is 3.80. The zero-order valence-corrected chi connectivity index (χ0v) is 14.3. The summed E-state index contributed by atoms with van der Waals surface area (Å²) in [6.45, 7) is 0.992. The number of hydrogen-bond acceptors (Lipinski definition) is 5. The molecule has 2 aromatic rings. The number of amides is 2. The van der Waals surface area contributed by atoms with Gasteiger partial charge in [0.05, 0.1) is 12.6 Å². The molecule has 1 N–H and O–H groups in total. The van der Waals surface area contributed by atoms with Crippen molar-refractivity contribution in [1.29, 1.82) is 0 Å². The van der Waals surface area contributed by atoms with Crippen molar-refractivity contribution in [3.8, 4) is 0 Å². The van der Waals surface area contributed by atoms with E-state index < -0.39 is 0 Å². The van der Waals surface area contributed by atoms with Gasteiger partial charge in [0.25, 0.3) is 0 Å². The highest BCUT2D eigenvalue weighted by molar-refractivity contribution is 7.13. The van der Waals surface area contributed by atoms with Crippen LogP contribution < -0.4 is 10.2 Å². The average molecular weight is 344 g/mol. The lowest BCUT2D eigenvalue weighted by atomic mass is 10.2. The van der Waals surface area contributed by atoms with E-state index in [-0.39, 0.29) is 24.4 Å². The van der Waals surface area contributed by atoms with Crippen molar-refractivity contribution in [1.82, 2.24) is 9.88 Å². The molecule has 2 amide bonds. The highest BCUT2D eigenvalue weighted by Gasteiger charge is 2.32. The van der Waals surface area contributed by atoms with Crippen LogP contribution in [-0.4, -0.2) is 47.9 Å². The predicted octanol–water partition coefficient (Wildman–Crippen LogP) is 2.21. The standard InChI is InChI=1S/C17H20N4O2S/c1-20(13-6-3-2-4-7-13)15(22)12-21-10-5-8-14(21)16(23)19-17-18-9-11-24-17/h2-4,6-7,9,11,14H,5,8,10,12H2,1H3,(H,18,19,23)/t14-/m0/s1. The summed E-state index contributed by atoms with van der Waals surface area (Å²) in [5, 5.41) is 5.25. The summed E-state index contributed by atoms with van der Waals surface area (Å²) in [7, 11) is 1.76. The van der Waals surface area contributed by atoms with Crippen LogP contribution in [0.2, 0.25) is 0 Å². The Morgan fingerprint density at radius 2 is 2.17 bits per heavy atom. The molecule has 126 valence electrons. The van der Waals surface area contributed by atoms with Crippen LogP contribution in [0.4, 0.5) is 10.8 Å². The maximum Gasteiger partial charge on any atom is 0.243 e. The molecule has 1 aromatic carbocycles. The molecule has 0 aliphatic carbocycles. The van der Waals surface area contributed by atoms with Gasteiger partial charge in [-0.3, -0.25) is 14.5 Å². The Hall–Kier alpha value is -2.25. The van der Waals surface area contributed by atoms with E-state index in [1.165, 1.54) is 11.3 Å². The summed E-state index contributed by atoms with van der Waals surface area (Å²) in [6, 6.07) is 9.24. The van der Waals surface area contributed by atoms with Crippen LogP contribution >= 0.6 is 11.3 Å². The maximum atomic E-state index is 12.5. The first-order valence-corrected chi connectivity index (χ1v) is 8.79. The van der Waals surface area contributed by atoms with Gasteiger partial charge in [0.15, 0.2) is 5.13 Å². The molecular formula is C17H20N4O2S. The molecule has 0 saturated carbocycles. The van der Waals surface area contributed by atoms with Crippen molar-refractivity contribution < 1.29 is 9.59 Å². The molecule has 1 aromatic heterocycles. The van der Waals surface area contributed by atoms with Crippen molar-refractivity contribution in [3.63, 3.8) is 0 Å². The monoisotopic (exact) mass is 344 g/mol. The number of thiazole rings is 1. The number of aromatic nitrogens is 1. The number of carbonyl (C=O) groups is 2. The number of likely N-dealkylation sites (N-methyl/N-ethyl adjacent to an activating group) is 1. The lowest BCUT2D eigenvalue weighted by Gasteiger charge is -2.25. The average Bonchev–Trinajstić information content (AvgIpc) is 3.26. The molecule has 6 nitrogen and oxygen atoms in total. The number of hydrogen-bond donors (Lipinski definition) is 1. The smallest absolute Gasteiger partial charge is 0.243 e. The number of nitrogens with zero attached hydrogens (tertiary/aromatic N) is 3. The van der Waals surface area contributed by atoms with Gasteiger partial charge >= 0.3 is 0 Å². The maximum absolute atomic E-state index is 12.5. The van der Waals surface area contributed by atoms with E-state index >= 15 is 0 Å². The van der Waals surface area contributed by atoms with E-state index in [2.05, 4.69) is 10.3 Å². The molecule has 0 unspecified atom stereocenters. The highest BCUT2D eigenvalue weighted by Crippen LogP contribution is 2.21. The fraction of sp³-hybridized carbons (Fsp3) is 0.353. The molecule has 2 heterocycles. The SMILES string of the molecule is CN(C(=O)CN1CCC[C@H]1C(=O)Nc1nccs1)c1ccccc1. The quantitative estimate of drug-likeness (QED) is 0.903. The molecule has 0 spiro atoms. The second-order valence-electron chi connectivity index (χ2n) is 5.74. The Balaban J connectivity index is 1.61. The molecule has 1 atom stereocenters. The first-order valence-electron chi connectivity index (χ1n) is 7.91.